The van der Waals surface area contributed by atoms with E-state index in [2.05, 4.69) is 6.07 Å². The van der Waals surface area contributed by atoms with Crippen LogP contribution in [0.3, 0.4) is 0 Å². The first-order valence-corrected chi connectivity index (χ1v) is 12.5. The zero-order chi connectivity index (χ0) is 23.6. The molecule has 2 aromatic carbocycles. The molecule has 3 heterocycles. The van der Waals surface area contributed by atoms with Gasteiger partial charge in [-0.3, -0.25) is 14.6 Å². The Morgan fingerprint density at radius 3 is 2.71 bits per heavy atom. The lowest BCUT2D eigenvalue weighted by molar-refractivity contribution is -0.00616. The van der Waals surface area contributed by atoms with Crippen LogP contribution in [0.15, 0.2) is 30.3 Å². The van der Waals surface area contributed by atoms with Gasteiger partial charge in [-0.25, -0.2) is 0 Å². The first-order valence-electron chi connectivity index (χ1n) is 12.1. The molecule has 3 aliphatic rings. The van der Waals surface area contributed by atoms with E-state index in [0.717, 1.165) is 58.1 Å². The summed E-state index contributed by atoms with van der Waals surface area (Å²) in [4.78, 5) is 33.6. The number of benzene rings is 2. The predicted octanol–water partition coefficient (Wildman–Crippen LogP) is 5.63. The summed E-state index contributed by atoms with van der Waals surface area (Å²) in [7, 11) is 0. The van der Waals surface area contributed by atoms with Gasteiger partial charge < -0.3 is 9.64 Å². The molecule has 0 unspecified atom stereocenters. The molecule has 1 fully saturated rings. The number of rotatable bonds is 1. The van der Waals surface area contributed by atoms with Gasteiger partial charge in [0.15, 0.2) is 5.78 Å². The van der Waals surface area contributed by atoms with Gasteiger partial charge in [-0.2, -0.15) is 0 Å². The second kappa shape index (κ2) is 7.81. The zero-order valence-corrected chi connectivity index (χ0v) is 20.3. The number of likely N-dealkylation sites (tertiary alicyclic amines) is 1. The minimum atomic E-state index is -0.535. The van der Waals surface area contributed by atoms with Gasteiger partial charge in [0.05, 0.1) is 23.1 Å². The van der Waals surface area contributed by atoms with Gasteiger partial charge in [0, 0.05) is 42.0 Å². The van der Waals surface area contributed by atoms with E-state index in [9.17, 15) is 9.59 Å². The number of hydrogen-bond donors (Lipinski definition) is 0. The van der Waals surface area contributed by atoms with E-state index in [1.54, 1.807) is 0 Å². The highest BCUT2D eigenvalue weighted by Gasteiger charge is 2.44. The van der Waals surface area contributed by atoms with E-state index in [1.807, 2.05) is 43.0 Å². The first kappa shape index (κ1) is 21.6. The lowest BCUT2D eigenvalue weighted by atomic mass is 9.81. The van der Waals surface area contributed by atoms with Crippen LogP contribution in [0, 0.1) is 13.8 Å². The molecule has 0 atom stereocenters. The maximum atomic E-state index is 13.9. The van der Waals surface area contributed by atoms with Crippen LogP contribution in [0.2, 0.25) is 5.02 Å². The molecule has 0 saturated carbocycles. The van der Waals surface area contributed by atoms with E-state index in [0.29, 0.717) is 48.7 Å². The van der Waals surface area contributed by atoms with Gasteiger partial charge in [0.25, 0.3) is 5.91 Å². The summed E-state index contributed by atoms with van der Waals surface area (Å²) in [5.41, 5.74) is 5.92. The summed E-state index contributed by atoms with van der Waals surface area (Å²) in [6.45, 7) is 5.12. The van der Waals surface area contributed by atoms with Crippen LogP contribution in [-0.4, -0.2) is 40.3 Å². The molecule has 1 saturated heterocycles. The number of pyridine rings is 1. The Morgan fingerprint density at radius 2 is 1.91 bits per heavy atom. The fourth-order valence-electron chi connectivity index (χ4n) is 5.97. The normalized spacial score (nSPS) is 18.7. The number of Topliss-reactive ketones (excluding diaryl/α,β-unsaturated/α-hetero) is 1. The van der Waals surface area contributed by atoms with Crippen LogP contribution in [0.25, 0.3) is 10.9 Å². The average molecular weight is 475 g/mol. The van der Waals surface area contributed by atoms with Crippen molar-refractivity contribution in [3.63, 3.8) is 0 Å². The standard InChI is InChI=1S/C28H27ClN2O3/c1-16-12-17(2)26-21(13-16)24(32)15-28(34-26)8-10-31(11-9-28)27(33)25-19-4-3-5-22(19)30-23-7-6-18(29)14-20(23)25/h6-7,12-14H,3-5,8-11,15H2,1-2H3. The number of piperidine rings is 1. The Hall–Kier alpha value is -2.92. The third-order valence-corrected chi connectivity index (χ3v) is 7.91. The number of fused-ring (bicyclic) bond motifs is 3. The van der Waals surface area contributed by atoms with Crippen LogP contribution in [0.1, 0.15) is 68.8 Å². The summed E-state index contributed by atoms with van der Waals surface area (Å²) in [6, 6.07) is 9.59. The fourth-order valence-corrected chi connectivity index (χ4v) is 6.14. The van der Waals surface area contributed by atoms with E-state index in [1.165, 1.54) is 0 Å². The molecule has 6 heteroatoms. The number of hydrogen-bond acceptors (Lipinski definition) is 4. The number of nitrogens with zero attached hydrogens (tertiary/aromatic N) is 2. The third kappa shape index (κ3) is 3.40. The number of aromatic nitrogens is 1. The minimum Gasteiger partial charge on any atom is -0.486 e. The van der Waals surface area contributed by atoms with Crippen molar-refractivity contribution in [3.8, 4) is 5.75 Å². The van der Waals surface area contributed by atoms with Crippen molar-refractivity contribution >= 4 is 34.2 Å². The molecule has 1 aromatic heterocycles. The molecule has 3 aromatic rings. The van der Waals surface area contributed by atoms with Crippen molar-refractivity contribution in [2.24, 2.45) is 0 Å². The lowest BCUT2D eigenvalue weighted by Gasteiger charge is -2.44. The highest BCUT2D eigenvalue weighted by atomic mass is 35.5. The Balaban J connectivity index is 1.30. The molecular weight excluding hydrogens is 448 g/mol. The zero-order valence-electron chi connectivity index (χ0n) is 19.5. The van der Waals surface area contributed by atoms with E-state index >= 15 is 0 Å². The number of halogens is 1. The summed E-state index contributed by atoms with van der Waals surface area (Å²) in [5.74, 6) is 0.895. The third-order valence-electron chi connectivity index (χ3n) is 7.67. The second-order valence-electron chi connectivity index (χ2n) is 10.1. The van der Waals surface area contributed by atoms with Gasteiger partial charge in [0.2, 0.25) is 0 Å². The Labute approximate surface area is 204 Å². The minimum absolute atomic E-state index is 0.0389. The maximum Gasteiger partial charge on any atom is 0.254 e. The quantitative estimate of drug-likeness (QED) is 0.458. The molecule has 1 amide bonds. The molecule has 34 heavy (non-hydrogen) atoms. The van der Waals surface area contributed by atoms with Crippen molar-refractivity contribution in [1.29, 1.82) is 0 Å². The van der Waals surface area contributed by atoms with E-state index < -0.39 is 5.60 Å². The smallest absolute Gasteiger partial charge is 0.254 e. The molecule has 0 radical (unpaired) electrons. The van der Waals surface area contributed by atoms with Crippen LogP contribution in [0.5, 0.6) is 5.75 Å². The van der Waals surface area contributed by atoms with Crippen molar-refractivity contribution < 1.29 is 14.3 Å². The molecule has 174 valence electrons. The van der Waals surface area contributed by atoms with Crippen LogP contribution < -0.4 is 4.74 Å². The van der Waals surface area contributed by atoms with Crippen LogP contribution >= 0.6 is 11.6 Å². The molecule has 0 N–H and O–H groups in total. The summed E-state index contributed by atoms with van der Waals surface area (Å²) >= 11 is 6.31. The van der Waals surface area contributed by atoms with Crippen molar-refractivity contribution in [1.82, 2.24) is 9.88 Å². The van der Waals surface area contributed by atoms with Gasteiger partial charge in [0.1, 0.15) is 11.4 Å². The Kier molecular flexibility index (Phi) is 4.96. The molecule has 2 aliphatic heterocycles. The maximum absolute atomic E-state index is 13.9. The monoisotopic (exact) mass is 474 g/mol. The van der Waals surface area contributed by atoms with Gasteiger partial charge in [-0.15, -0.1) is 0 Å². The van der Waals surface area contributed by atoms with E-state index in [-0.39, 0.29) is 11.7 Å². The molecule has 1 aliphatic carbocycles. The summed E-state index contributed by atoms with van der Waals surface area (Å²) in [5, 5.41) is 1.44. The average Bonchev–Trinajstić information content (AvgIpc) is 3.27. The van der Waals surface area contributed by atoms with Crippen molar-refractivity contribution in [3.05, 3.63) is 68.9 Å². The van der Waals surface area contributed by atoms with Gasteiger partial charge in [-0.05, 0) is 74.1 Å². The molecule has 1 spiro atoms. The lowest BCUT2D eigenvalue weighted by Crippen LogP contribution is -2.52. The van der Waals surface area contributed by atoms with Gasteiger partial charge in [-0.1, -0.05) is 17.7 Å². The number of carbonyl (C=O) groups is 2. The van der Waals surface area contributed by atoms with E-state index in [4.69, 9.17) is 21.3 Å². The SMILES string of the molecule is Cc1cc(C)c2c(c1)C(=O)CC1(CCN(C(=O)c3c4c(nc5ccc(Cl)cc35)CCC4)CC1)O2. The fraction of sp³-hybridized carbons (Fsp3) is 0.393. The first-order chi connectivity index (χ1) is 16.3. The topological polar surface area (TPSA) is 59.5 Å². The highest BCUT2D eigenvalue weighted by Crippen LogP contribution is 2.42. The number of ether oxygens (including phenoxy) is 1. The predicted molar refractivity (Wildman–Crippen MR) is 132 cm³/mol. The summed E-state index contributed by atoms with van der Waals surface area (Å²) in [6.07, 6.45) is 4.45. The number of ketones is 1. The number of carbonyl (C=O) groups excluding carboxylic acids is 2. The van der Waals surface area contributed by atoms with Crippen molar-refractivity contribution in [2.45, 2.75) is 58.0 Å². The largest absolute Gasteiger partial charge is 0.486 e. The van der Waals surface area contributed by atoms with Crippen LogP contribution in [0.4, 0.5) is 0 Å². The Bertz CT molecular complexity index is 1370. The Morgan fingerprint density at radius 1 is 1.12 bits per heavy atom. The number of amides is 1. The molecule has 6 rings (SSSR count). The second-order valence-corrected chi connectivity index (χ2v) is 10.5. The van der Waals surface area contributed by atoms with Crippen LogP contribution in [-0.2, 0) is 12.8 Å². The summed E-state index contributed by atoms with van der Waals surface area (Å²) < 4.78 is 6.52. The molecular formula is C28H27ClN2O3. The highest BCUT2D eigenvalue weighted by molar-refractivity contribution is 6.31. The van der Waals surface area contributed by atoms with Crippen molar-refractivity contribution in [2.75, 3.05) is 13.1 Å². The molecule has 0 bridgehead atoms. The molecule has 5 nitrogen and oxygen atoms in total. The van der Waals surface area contributed by atoms with Gasteiger partial charge >= 0.3 is 0 Å². The number of aryl methyl sites for hydroxylation is 3.